The van der Waals surface area contributed by atoms with Gasteiger partial charge in [-0.3, -0.25) is 0 Å². The summed E-state index contributed by atoms with van der Waals surface area (Å²) in [5.74, 6) is -57.7. The van der Waals surface area contributed by atoms with Gasteiger partial charge in [-0.25, -0.2) is 4.79 Å². The largest absolute Gasteiger partial charge is 0.491 e. The zero-order chi connectivity index (χ0) is 44.3. The average molecular weight is 869 g/mol. The molecule has 0 aromatic heterocycles. The van der Waals surface area contributed by atoms with Gasteiger partial charge < -0.3 is 19.0 Å². The van der Waals surface area contributed by atoms with Crippen molar-refractivity contribution in [1.82, 2.24) is 0 Å². The van der Waals surface area contributed by atoms with Crippen molar-refractivity contribution >= 4 is 14.3 Å². The smallest absolute Gasteiger partial charge is 0.460 e. The highest BCUT2D eigenvalue weighted by atomic mass is 28.4. The van der Waals surface area contributed by atoms with Gasteiger partial charge in [-0.15, -0.1) is 0 Å². The maximum atomic E-state index is 14.8. The van der Waals surface area contributed by atoms with Crippen LogP contribution in [0.3, 0.4) is 0 Å². The van der Waals surface area contributed by atoms with E-state index in [9.17, 15) is 84.5 Å². The monoisotopic (exact) mass is 868 g/mol. The molecule has 0 amide bonds. The van der Waals surface area contributed by atoms with E-state index in [1.165, 1.54) is 65.0 Å². The third-order valence-corrected chi connectivity index (χ3v) is 14.8. The molecule has 0 saturated carbocycles. The van der Waals surface area contributed by atoms with E-state index in [0.29, 0.717) is 5.56 Å². The summed E-state index contributed by atoms with van der Waals surface area (Å²) in [5, 5.41) is 10.7. The van der Waals surface area contributed by atoms with Gasteiger partial charge in [0.15, 0.2) is 8.32 Å². The summed E-state index contributed by atoms with van der Waals surface area (Å²) in [6, 6.07) is 4.38. The van der Waals surface area contributed by atoms with Gasteiger partial charge in [-0.05, 0) is 48.7 Å². The van der Waals surface area contributed by atoms with Gasteiger partial charge in [0.05, 0.1) is 19.3 Å². The minimum absolute atomic E-state index is 0.140. The lowest BCUT2D eigenvalue weighted by Gasteiger charge is -2.44. The van der Waals surface area contributed by atoms with Crippen LogP contribution in [0.4, 0.5) is 74.6 Å². The van der Waals surface area contributed by atoms with Crippen molar-refractivity contribution in [2.45, 2.75) is 126 Å². The van der Waals surface area contributed by atoms with Crippen LogP contribution in [0.15, 0.2) is 35.9 Å². The van der Waals surface area contributed by atoms with E-state index < -0.39 is 104 Å². The van der Waals surface area contributed by atoms with Gasteiger partial charge in [-0.2, -0.15) is 74.6 Å². The Labute approximate surface area is 311 Å². The highest BCUT2D eigenvalue weighted by Crippen LogP contribution is 2.64. The normalized spacial score (nSPS) is 16.0. The number of alkyl halides is 17. The molecule has 1 N–H and O–H groups in total. The van der Waals surface area contributed by atoms with E-state index >= 15 is 0 Å². The molecule has 1 aromatic carbocycles. The molecule has 0 unspecified atom stereocenters. The van der Waals surface area contributed by atoms with Crippen molar-refractivity contribution < 1.29 is 98.4 Å². The molecule has 23 heteroatoms. The van der Waals surface area contributed by atoms with Crippen LogP contribution < -0.4 is 4.74 Å². The van der Waals surface area contributed by atoms with E-state index in [2.05, 4.69) is 0 Å². The zero-order valence-corrected chi connectivity index (χ0v) is 31.7. The van der Waals surface area contributed by atoms with E-state index in [4.69, 9.17) is 13.9 Å². The number of benzene rings is 1. The Morgan fingerprint density at radius 2 is 1.12 bits per heavy atom. The summed E-state index contributed by atoms with van der Waals surface area (Å²) in [6.45, 7) is 9.30. The summed E-state index contributed by atoms with van der Waals surface area (Å²) < 4.78 is 250. The maximum Gasteiger partial charge on any atom is 0.460 e. The van der Waals surface area contributed by atoms with Gasteiger partial charge in [-0.1, -0.05) is 52.8 Å². The molecule has 0 heterocycles. The Kier molecular flexibility index (Phi) is 16.1. The molecule has 5 nitrogen and oxygen atoms in total. The Bertz CT molecular complexity index is 1470. The minimum atomic E-state index is -8.68. The molecule has 0 bridgehead atoms. The first-order valence-corrected chi connectivity index (χ1v) is 18.9. The number of esters is 1. The lowest BCUT2D eigenvalue weighted by Crippen LogP contribution is -2.74. The number of halogens is 17. The zero-order valence-electron chi connectivity index (χ0n) is 30.7. The van der Waals surface area contributed by atoms with Crippen LogP contribution in [0.2, 0.25) is 17.1 Å². The van der Waals surface area contributed by atoms with Crippen LogP contribution in [0.25, 0.3) is 0 Å². The summed E-state index contributed by atoms with van der Waals surface area (Å²) in [6.07, 6.45) is -9.96. The van der Waals surface area contributed by atoms with Crippen molar-refractivity contribution in [3.63, 3.8) is 0 Å². The van der Waals surface area contributed by atoms with Gasteiger partial charge in [0.1, 0.15) is 12.4 Å². The second-order valence-corrected chi connectivity index (χ2v) is 18.6. The van der Waals surface area contributed by atoms with Gasteiger partial charge in [0.2, 0.25) is 0 Å². The van der Waals surface area contributed by atoms with Crippen LogP contribution in [0.1, 0.15) is 66.6 Å². The van der Waals surface area contributed by atoms with Crippen LogP contribution >= 0.6 is 0 Å². The molecular weight excluding hydrogens is 827 g/mol. The van der Waals surface area contributed by atoms with Crippen LogP contribution in [-0.2, 0) is 14.0 Å². The topological polar surface area (TPSA) is 65.0 Å². The lowest BCUT2D eigenvalue weighted by atomic mass is 9.88. The quantitative estimate of drug-likeness (QED) is 0.0438. The van der Waals surface area contributed by atoms with Gasteiger partial charge in [0, 0.05) is 17.9 Å². The molecule has 56 heavy (non-hydrogen) atoms. The molecule has 1 rings (SSSR count). The Balaban J connectivity index is 3.23. The fourth-order valence-corrected chi connectivity index (χ4v) is 10.1. The van der Waals surface area contributed by atoms with Crippen molar-refractivity contribution in [1.29, 1.82) is 0 Å². The summed E-state index contributed by atoms with van der Waals surface area (Å²) >= 11 is 0. The third-order valence-electron chi connectivity index (χ3n) is 9.12. The molecule has 1 aromatic rings. The Morgan fingerprint density at radius 3 is 1.54 bits per heavy atom. The second kappa shape index (κ2) is 17.6. The molecule has 0 aliphatic heterocycles. The second-order valence-electron chi connectivity index (χ2n) is 13.6. The first kappa shape index (κ1) is 51.2. The Hall–Kier alpha value is -2.82. The number of hydrogen-bond donors (Lipinski definition) is 1. The highest BCUT2D eigenvalue weighted by molar-refractivity contribution is 6.76. The summed E-state index contributed by atoms with van der Waals surface area (Å²) in [4.78, 5) is 11.8. The van der Waals surface area contributed by atoms with Crippen molar-refractivity contribution in [3.8, 4) is 5.75 Å². The Morgan fingerprint density at radius 1 is 0.696 bits per heavy atom. The lowest BCUT2D eigenvalue weighted by molar-refractivity contribution is -0.461. The third kappa shape index (κ3) is 9.55. The first-order valence-electron chi connectivity index (χ1n) is 16.6. The predicted octanol–water partition coefficient (Wildman–Crippen LogP) is 11.4. The van der Waals surface area contributed by atoms with Crippen molar-refractivity contribution in [3.05, 3.63) is 41.5 Å². The molecule has 0 fully saturated rings. The van der Waals surface area contributed by atoms with E-state index in [1.807, 2.05) is 0 Å². The molecule has 0 aliphatic rings. The molecule has 0 radical (unpaired) electrons. The number of rotatable bonds is 21. The highest BCUT2D eigenvalue weighted by Gasteiger charge is 2.95. The fraction of sp³-hybridized carbons (Fsp3) is 0.727. The number of carbonyl (C=O) groups is 1. The standard InChI is InChI=1S/C33H41F17O5Si/c1-8-53-25(52)21(7)17-20(6)24(51)22-9-11-23(12-10-22)54-14-15-55-56(18(2)3,19(4)5)16-13-26(34,35)27(36,37)28(38,39)29(40,41)30(42,43)31(44,45)32(46,47)33(48,49)50/h9-12,17-20,24,51H,8,13-16H2,1-7H3/b21-17+/t20-,24+/m0/s1. The van der Waals surface area contributed by atoms with Gasteiger partial charge >= 0.3 is 53.6 Å². The maximum absolute atomic E-state index is 14.8. The molecule has 0 aliphatic carbocycles. The predicted molar refractivity (Wildman–Crippen MR) is 168 cm³/mol. The average Bonchev–Trinajstić information content (AvgIpc) is 3.06. The SMILES string of the molecule is CCOC(=O)/C(C)=C/[C@H](C)[C@@H](O)c1ccc(OCCO[Si](CCC(F)(F)C(F)(F)C(F)(F)C(F)(F)C(F)(F)C(F)(F)C(F)(F)C(F)(F)F)(C(C)C)C(C)C)cc1. The van der Waals surface area contributed by atoms with Gasteiger partial charge in [0.25, 0.3) is 0 Å². The van der Waals surface area contributed by atoms with E-state index in [-0.39, 0.29) is 24.5 Å². The molecular formula is C33H41F17O5Si. The van der Waals surface area contributed by atoms with Crippen LogP contribution in [0.5, 0.6) is 5.75 Å². The number of hydrogen-bond acceptors (Lipinski definition) is 5. The molecule has 326 valence electrons. The minimum Gasteiger partial charge on any atom is -0.491 e. The molecule has 2 atom stereocenters. The number of aliphatic hydroxyl groups is 1. The number of ether oxygens (including phenoxy) is 2. The van der Waals surface area contributed by atoms with Crippen LogP contribution in [0, 0.1) is 5.92 Å². The van der Waals surface area contributed by atoms with E-state index in [1.54, 1.807) is 13.8 Å². The molecule has 0 saturated heterocycles. The van der Waals surface area contributed by atoms with E-state index in [0.717, 1.165) is 0 Å². The number of carbonyl (C=O) groups excluding carboxylic acids is 1. The van der Waals surface area contributed by atoms with Crippen LogP contribution in [-0.4, -0.2) is 86.8 Å². The fourth-order valence-electron chi connectivity index (χ4n) is 5.61. The van der Waals surface area contributed by atoms with Crippen molar-refractivity contribution in [2.75, 3.05) is 19.8 Å². The number of aliphatic hydroxyl groups excluding tert-OH is 1. The molecule has 0 spiro atoms. The summed E-state index contributed by atoms with van der Waals surface area (Å²) in [7, 11) is -3.95. The first-order chi connectivity index (χ1) is 25.0. The summed E-state index contributed by atoms with van der Waals surface area (Å²) in [5.41, 5.74) is -1.07. The van der Waals surface area contributed by atoms with Crippen molar-refractivity contribution in [2.24, 2.45) is 5.92 Å².